The van der Waals surface area contributed by atoms with Crippen molar-refractivity contribution in [3.8, 4) is 0 Å². The van der Waals surface area contributed by atoms with Crippen LogP contribution in [0, 0.1) is 12.8 Å². The molecule has 0 atom stereocenters. The van der Waals surface area contributed by atoms with Gasteiger partial charge in [0.1, 0.15) is 0 Å². The van der Waals surface area contributed by atoms with Gasteiger partial charge >= 0.3 is 6.18 Å². The second-order valence-corrected chi connectivity index (χ2v) is 8.36. The zero-order valence-electron chi connectivity index (χ0n) is 17.7. The summed E-state index contributed by atoms with van der Waals surface area (Å²) < 4.78 is 41.2. The Morgan fingerprint density at radius 1 is 1.20 bits per heavy atom. The van der Waals surface area contributed by atoms with Crippen molar-refractivity contribution < 1.29 is 18.0 Å². The highest BCUT2D eigenvalue weighted by Crippen LogP contribution is 2.33. The minimum atomic E-state index is -4.63. The van der Waals surface area contributed by atoms with Crippen LogP contribution in [0.5, 0.6) is 0 Å². The highest BCUT2D eigenvalue weighted by atomic mass is 19.4. The third-order valence-electron chi connectivity index (χ3n) is 5.58. The number of benzene rings is 1. The Bertz CT molecular complexity index is 850. The van der Waals surface area contributed by atoms with Crippen molar-refractivity contribution in [2.45, 2.75) is 52.4 Å². The summed E-state index contributed by atoms with van der Waals surface area (Å²) in [5, 5.41) is 6.48. The summed E-state index contributed by atoms with van der Waals surface area (Å²) in [5.41, 5.74) is 1.12. The molecule has 8 heteroatoms. The number of halogens is 3. The molecule has 2 aromatic rings. The fourth-order valence-electron chi connectivity index (χ4n) is 3.84. The minimum absolute atomic E-state index is 0.262. The molecule has 0 radical (unpaired) electrons. The van der Waals surface area contributed by atoms with Gasteiger partial charge in [-0.05, 0) is 58.2 Å². The molecule has 1 amide bonds. The summed E-state index contributed by atoms with van der Waals surface area (Å²) in [5.74, 6) is -0.450. The molecule has 164 valence electrons. The van der Waals surface area contributed by atoms with Crippen LogP contribution in [-0.2, 0) is 12.7 Å². The molecular weight excluding hydrogens is 393 g/mol. The van der Waals surface area contributed by atoms with Crippen molar-refractivity contribution >= 4 is 5.91 Å². The van der Waals surface area contributed by atoms with Crippen LogP contribution in [0.4, 0.5) is 13.2 Å². The maximum Gasteiger partial charge on any atom is 0.433 e. The average Bonchev–Trinajstić information content (AvgIpc) is 3.15. The van der Waals surface area contributed by atoms with Crippen LogP contribution in [0.15, 0.2) is 30.5 Å². The Hall–Kier alpha value is -2.35. The Morgan fingerprint density at radius 2 is 1.83 bits per heavy atom. The van der Waals surface area contributed by atoms with E-state index in [-0.39, 0.29) is 5.92 Å². The predicted molar refractivity (Wildman–Crippen MR) is 109 cm³/mol. The third kappa shape index (κ3) is 5.41. The van der Waals surface area contributed by atoms with E-state index in [2.05, 4.69) is 46.5 Å². The molecule has 0 bridgehead atoms. The van der Waals surface area contributed by atoms with Crippen LogP contribution in [0.1, 0.15) is 59.9 Å². The van der Waals surface area contributed by atoms with Crippen molar-refractivity contribution in [1.29, 1.82) is 0 Å². The fourth-order valence-corrected chi connectivity index (χ4v) is 3.84. The number of nitrogens with zero attached hydrogens (tertiary/aromatic N) is 3. The van der Waals surface area contributed by atoms with Gasteiger partial charge in [0, 0.05) is 19.1 Å². The van der Waals surface area contributed by atoms with Crippen LogP contribution in [0.3, 0.4) is 0 Å². The van der Waals surface area contributed by atoms with E-state index < -0.39 is 29.4 Å². The molecular formula is C22H29F3N4O. The molecule has 0 unspecified atom stereocenters. The van der Waals surface area contributed by atoms with Crippen LogP contribution < -0.4 is 5.32 Å². The highest BCUT2D eigenvalue weighted by Gasteiger charge is 2.40. The highest BCUT2D eigenvalue weighted by molar-refractivity contribution is 5.95. The number of aryl methyl sites for hydroxylation is 1. The predicted octanol–water partition coefficient (Wildman–Crippen LogP) is 4.43. The van der Waals surface area contributed by atoms with Gasteiger partial charge in [0.05, 0.1) is 11.8 Å². The van der Waals surface area contributed by atoms with E-state index in [9.17, 15) is 18.0 Å². The Morgan fingerprint density at radius 3 is 2.40 bits per heavy atom. The lowest BCUT2D eigenvalue weighted by molar-refractivity contribution is -0.145. The van der Waals surface area contributed by atoms with Gasteiger partial charge in [-0.3, -0.25) is 14.4 Å². The molecule has 1 fully saturated rings. The smallest absolute Gasteiger partial charge is 0.352 e. The number of amides is 1. The van der Waals surface area contributed by atoms with Gasteiger partial charge in [0.15, 0.2) is 5.69 Å². The first-order valence-electron chi connectivity index (χ1n) is 10.4. The zero-order chi connectivity index (χ0) is 21.9. The average molecular weight is 422 g/mol. The van der Waals surface area contributed by atoms with Gasteiger partial charge in [-0.15, -0.1) is 0 Å². The van der Waals surface area contributed by atoms with Gasteiger partial charge in [0.2, 0.25) is 0 Å². The first-order chi connectivity index (χ1) is 14.1. The fraction of sp³-hybridized carbons (Fsp3) is 0.545. The van der Waals surface area contributed by atoms with Crippen LogP contribution in [-0.4, -0.2) is 40.2 Å². The Labute approximate surface area is 175 Å². The van der Waals surface area contributed by atoms with Gasteiger partial charge in [0.25, 0.3) is 5.91 Å². The number of hydrogen-bond donors (Lipinski definition) is 1. The number of alkyl halides is 3. The molecule has 0 spiro atoms. The van der Waals surface area contributed by atoms with E-state index in [0.29, 0.717) is 6.54 Å². The molecule has 3 rings (SSSR count). The topological polar surface area (TPSA) is 50.2 Å². The molecule has 30 heavy (non-hydrogen) atoms. The largest absolute Gasteiger partial charge is 0.433 e. The number of nitrogens with one attached hydrogen (secondary N) is 1. The second kappa shape index (κ2) is 9.20. The number of likely N-dealkylation sites (tertiary alicyclic amines) is 1. The summed E-state index contributed by atoms with van der Waals surface area (Å²) in [4.78, 5) is 14.8. The summed E-state index contributed by atoms with van der Waals surface area (Å²) in [6.07, 6.45) is -1.80. The lowest BCUT2D eigenvalue weighted by atomic mass is 9.96. The van der Waals surface area contributed by atoms with Crippen molar-refractivity contribution in [1.82, 2.24) is 20.0 Å². The summed E-state index contributed by atoms with van der Waals surface area (Å²) in [6, 6.07) is 8.00. The van der Waals surface area contributed by atoms with Gasteiger partial charge in [-0.25, -0.2) is 0 Å². The molecule has 1 aliphatic rings. The quantitative estimate of drug-likeness (QED) is 0.749. The normalized spacial score (nSPS) is 16.2. The zero-order valence-corrected chi connectivity index (χ0v) is 17.7. The van der Waals surface area contributed by atoms with E-state index in [1.54, 1.807) is 13.8 Å². The molecule has 1 aromatic carbocycles. The number of rotatable bonds is 6. The third-order valence-corrected chi connectivity index (χ3v) is 5.58. The molecule has 0 aliphatic carbocycles. The molecule has 2 heterocycles. The van der Waals surface area contributed by atoms with Crippen molar-refractivity contribution in [2.75, 3.05) is 19.6 Å². The van der Waals surface area contributed by atoms with Gasteiger partial charge in [-0.2, -0.15) is 18.3 Å². The lowest BCUT2D eigenvalue weighted by Crippen LogP contribution is -2.38. The molecule has 5 nitrogen and oxygen atoms in total. The van der Waals surface area contributed by atoms with E-state index in [4.69, 9.17) is 0 Å². The number of carbonyl (C=O) groups is 1. The van der Waals surface area contributed by atoms with Crippen LogP contribution in [0.25, 0.3) is 0 Å². The van der Waals surface area contributed by atoms with Crippen molar-refractivity contribution in [2.24, 2.45) is 5.92 Å². The lowest BCUT2D eigenvalue weighted by Gasteiger charge is -2.32. The summed E-state index contributed by atoms with van der Waals surface area (Å²) >= 11 is 0. The number of piperidine rings is 1. The molecule has 1 N–H and O–H groups in total. The number of hydrogen-bond acceptors (Lipinski definition) is 3. The molecule has 0 saturated carbocycles. The number of aromatic nitrogens is 2. The first-order valence-corrected chi connectivity index (χ1v) is 10.4. The van der Waals surface area contributed by atoms with Crippen LogP contribution >= 0.6 is 0 Å². The van der Waals surface area contributed by atoms with Crippen LogP contribution in [0.2, 0.25) is 0 Å². The molecule has 1 saturated heterocycles. The maximum absolute atomic E-state index is 13.5. The second-order valence-electron chi connectivity index (χ2n) is 8.36. The van der Waals surface area contributed by atoms with Gasteiger partial charge in [-0.1, -0.05) is 29.8 Å². The van der Waals surface area contributed by atoms with E-state index in [0.717, 1.165) is 43.4 Å². The monoisotopic (exact) mass is 422 g/mol. The van der Waals surface area contributed by atoms with E-state index >= 15 is 0 Å². The summed E-state index contributed by atoms with van der Waals surface area (Å²) in [6.45, 7) is 8.36. The van der Waals surface area contributed by atoms with E-state index in [1.165, 1.54) is 11.1 Å². The number of carbonyl (C=O) groups excluding carboxylic acids is 1. The van der Waals surface area contributed by atoms with Crippen molar-refractivity contribution in [3.05, 3.63) is 52.8 Å². The standard InChI is InChI=1S/C22H29F3N4O/c1-15(2)29-20(22(23,24)25)19(13-27-29)21(30)26-12-17-8-10-28(11-9-17)14-18-6-4-16(3)5-7-18/h4-7,13,15,17H,8-12,14H2,1-3H3,(H,26,30). The Balaban J connectivity index is 1.52. The maximum atomic E-state index is 13.5. The van der Waals surface area contributed by atoms with Gasteiger partial charge < -0.3 is 5.32 Å². The molecule has 1 aliphatic heterocycles. The summed E-state index contributed by atoms with van der Waals surface area (Å²) in [7, 11) is 0. The first kappa shape index (κ1) is 22.3. The Kier molecular flexibility index (Phi) is 6.85. The van der Waals surface area contributed by atoms with Crippen molar-refractivity contribution in [3.63, 3.8) is 0 Å². The minimum Gasteiger partial charge on any atom is -0.352 e. The SMILES string of the molecule is Cc1ccc(CN2CCC(CNC(=O)c3cnn(C(C)C)c3C(F)(F)F)CC2)cc1. The molecule has 1 aromatic heterocycles. The van der Waals surface area contributed by atoms with E-state index in [1.807, 2.05) is 0 Å².